The van der Waals surface area contributed by atoms with Crippen LogP contribution in [0.4, 0.5) is 4.79 Å². The highest BCUT2D eigenvalue weighted by molar-refractivity contribution is 6.09. The number of carbonyl (C=O) groups is 1. The Hall–Kier alpha value is -1.94. The van der Waals surface area contributed by atoms with Crippen LogP contribution >= 0.6 is 0 Å². The summed E-state index contributed by atoms with van der Waals surface area (Å²) in [5.41, 5.74) is 1.96. The summed E-state index contributed by atoms with van der Waals surface area (Å²) in [5, 5.41) is 4.86. The molecule has 1 heterocycles. The van der Waals surface area contributed by atoms with E-state index < -0.39 is 0 Å². The smallest absolute Gasteiger partial charge is 0.284 e. The van der Waals surface area contributed by atoms with E-state index in [1.54, 1.807) is 0 Å². The molecular weight excluding hydrogens is 346 g/mol. The normalized spacial score (nSPS) is 38.1. The van der Waals surface area contributed by atoms with Crippen LogP contribution in [0.1, 0.15) is 51.5 Å². The van der Waals surface area contributed by atoms with Crippen molar-refractivity contribution in [2.24, 2.45) is 28.8 Å². The average Bonchev–Trinajstić information content (AvgIpc) is 3.07. The molecule has 1 atom stereocenters. The van der Waals surface area contributed by atoms with E-state index in [2.05, 4.69) is 30.9 Å². The Bertz CT molecular complexity index is 800. The van der Waals surface area contributed by atoms with E-state index >= 15 is 0 Å². The molecule has 0 aromatic heterocycles. The second-order valence-electron chi connectivity index (χ2n) is 9.90. The van der Waals surface area contributed by atoms with Crippen molar-refractivity contribution in [2.45, 2.75) is 58.0 Å². The highest BCUT2D eigenvalue weighted by Gasteiger charge is 2.54. The predicted molar refractivity (Wildman–Crippen MR) is 112 cm³/mol. The molecule has 4 aliphatic carbocycles. The van der Waals surface area contributed by atoms with Crippen molar-refractivity contribution in [3.8, 4) is 0 Å². The number of nitrogens with zero attached hydrogens (tertiary/aromatic N) is 3. The van der Waals surface area contributed by atoms with E-state index in [0.29, 0.717) is 17.9 Å². The maximum absolute atomic E-state index is 13.8. The molecular formula is C24H32N3O+. The van der Waals surface area contributed by atoms with Gasteiger partial charge in [-0.1, -0.05) is 40.0 Å². The van der Waals surface area contributed by atoms with Crippen molar-refractivity contribution in [3.63, 3.8) is 0 Å². The molecule has 0 spiro atoms. The van der Waals surface area contributed by atoms with Gasteiger partial charge in [0.05, 0.1) is 0 Å². The van der Waals surface area contributed by atoms with Gasteiger partial charge >= 0.3 is 6.03 Å². The zero-order valence-corrected chi connectivity index (χ0v) is 17.3. The van der Waals surface area contributed by atoms with Gasteiger partial charge in [0.15, 0.2) is 0 Å². The van der Waals surface area contributed by atoms with E-state index in [1.807, 2.05) is 37.5 Å². The Balaban J connectivity index is 1.44. The fourth-order valence-corrected chi connectivity index (χ4v) is 6.65. The lowest BCUT2D eigenvalue weighted by molar-refractivity contribution is -0.785. The molecule has 0 unspecified atom stereocenters. The maximum Gasteiger partial charge on any atom is 0.450 e. The molecule has 4 saturated carbocycles. The minimum Gasteiger partial charge on any atom is -0.284 e. The van der Waals surface area contributed by atoms with Crippen LogP contribution < -0.4 is 0 Å². The number of urea groups is 1. The minimum absolute atomic E-state index is 0.00516. The third kappa shape index (κ3) is 2.85. The van der Waals surface area contributed by atoms with Crippen LogP contribution in [0.25, 0.3) is 0 Å². The van der Waals surface area contributed by atoms with Crippen molar-refractivity contribution in [1.29, 1.82) is 0 Å². The summed E-state index contributed by atoms with van der Waals surface area (Å²) >= 11 is 0. The molecule has 4 fully saturated rings. The monoisotopic (exact) mass is 378 g/mol. The molecule has 4 bridgehead atoms. The van der Waals surface area contributed by atoms with Crippen LogP contribution in [0.3, 0.4) is 0 Å². The number of allylic oxidation sites excluding steroid dienone is 1. The van der Waals surface area contributed by atoms with Gasteiger partial charge in [0.1, 0.15) is 19.0 Å². The van der Waals surface area contributed by atoms with Gasteiger partial charge in [0.2, 0.25) is 0 Å². The Morgan fingerprint density at radius 1 is 1.04 bits per heavy atom. The Labute approximate surface area is 168 Å². The number of hydrogen-bond donors (Lipinski definition) is 0. The topological polar surface area (TPSA) is 32.7 Å². The standard InChI is InChI=1S/C24H32N3O/c1-16(2)26(23-20-12-17-11-18(14-20)15-21(23)13-17)24(28)27(3)10-9-22(25-27)19-7-5-4-6-8-19/h4-10,16-18,20-21,23H,11-15H2,1-3H3/q+1/t17?,18?,20?,21?,23?,27-/m1/s1. The van der Waals surface area contributed by atoms with Gasteiger partial charge in [0, 0.05) is 23.7 Å². The Morgan fingerprint density at radius 2 is 1.64 bits per heavy atom. The lowest BCUT2D eigenvalue weighted by Gasteiger charge is -2.57. The molecule has 1 aliphatic heterocycles. The van der Waals surface area contributed by atoms with E-state index in [1.165, 1.54) is 32.1 Å². The van der Waals surface area contributed by atoms with Crippen LogP contribution in [0.5, 0.6) is 0 Å². The van der Waals surface area contributed by atoms with Crippen molar-refractivity contribution in [2.75, 3.05) is 7.05 Å². The zero-order valence-electron chi connectivity index (χ0n) is 17.3. The Kier molecular flexibility index (Phi) is 4.24. The average molecular weight is 379 g/mol. The SMILES string of the molecule is CC(C)N(C(=O)[N@@+]1(C)C=CC(c2ccccc2)=N1)C1C2CC3CC(C2)CC1C3. The first-order chi connectivity index (χ1) is 13.4. The molecule has 0 radical (unpaired) electrons. The number of benzene rings is 1. The molecule has 1 aromatic carbocycles. The first-order valence-corrected chi connectivity index (χ1v) is 11.0. The lowest BCUT2D eigenvalue weighted by atomic mass is 9.53. The van der Waals surface area contributed by atoms with Crippen molar-refractivity contribution >= 4 is 11.7 Å². The molecule has 0 saturated heterocycles. The van der Waals surface area contributed by atoms with Gasteiger partial charge in [-0.15, -0.1) is 0 Å². The Morgan fingerprint density at radius 3 is 2.21 bits per heavy atom. The molecule has 1 aromatic rings. The number of carbonyl (C=O) groups excluding carboxylic acids is 1. The fourth-order valence-electron chi connectivity index (χ4n) is 6.65. The van der Waals surface area contributed by atoms with Gasteiger partial charge < -0.3 is 0 Å². The van der Waals surface area contributed by atoms with Gasteiger partial charge in [-0.2, -0.15) is 0 Å². The predicted octanol–water partition coefficient (Wildman–Crippen LogP) is 5.02. The number of quaternary nitrogens is 1. The van der Waals surface area contributed by atoms with E-state index in [0.717, 1.165) is 23.1 Å². The zero-order chi connectivity index (χ0) is 19.5. The summed E-state index contributed by atoms with van der Waals surface area (Å²) < 4.78 is 0.00516. The van der Waals surface area contributed by atoms with Crippen molar-refractivity contribution < 1.29 is 9.39 Å². The first kappa shape index (κ1) is 18.1. The molecule has 4 heteroatoms. The highest BCUT2D eigenvalue weighted by atomic mass is 16.2. The third-order valence-corrected chi connectivity index (χ3v) is 7.57. The molecule has 28 heavy (non-hydrogen) atoms. The van der Waals surface area contributed by atoms with Gasteiger partial charge in [-0.25, -0.2) is 4.79 Å². The minimum atomic E-state index is 0.00516. The van der Waals surface area contributed by atoms with Crippen LogP contribution in [-0.4, -0.2) is 40.4 Å². The molecule has 148 valence electrons. The van der Waals surface area contributed by atoms with Gasteiger partial charge in [0.25, 0.3) is 0 Å². The van der Waals surface area contributed by atoms with Gasteiger partial charge in [-0.05, 0) is 69.6 Å². The number of amides is 2. The fraction of sp³-hybridized carbons (Fsp3) is 0.583. The summed E-state index contributed by atoms with van der Waals surface area (Å²) in [4.78, 5) is 16.1. The summed E-state index contributed by atoms with van der Waals surface area (Å²) in [6.45, 7) is 4.35. The van der Waals surface area contributed by atoms with Crippen LogP contribution in [0, 0.1) is 23.7 Å². The third-order valence-electron chi connectivity index (χ3n) is 7.57. The first-order valence-electron chi connectivity index (χ1n) is 11.0. The lowest BCUT2D eigenvalue weighted by Crippen LogP contribution is -2.63. The van der Waals surface area contributed by atoms with Crippen molar-refractivity contribution in [3.05, 3.63) is 48.2 Å². The second kappa shape index (κ2) is 6.55. The summed E-state index contributed by atoms with van der Waals surface area (Å²) in [5.74, 6) is 3.22. The van der Waals surface area contributed by atoms with Crippen LogP contribution in [0.2, 0.25) is 0 Å². The maximum atomic E-state index is 13.8. The molecule has 2 amide bonds. The quantitative estimate of drug-likeness (QED) is 0.680. The second-order valence-corrected chi connectivity index (χ2v) is 9.90. The molecule has 5 aliphatic rings. The number of hydrogen-bond acceptors (Lipinski definition) is 2. The van der Waals surface area contributed by atoms with Crippen molar-refractivity contribution in [1.82, 2.24) is 4.90 Å². The van der Waals surface area contributed by atoms with E-state index in [9.17, 15) is 4.79 Å². The molecule has 4 nitrogen and oxygen atoms in total. The molecule has 0 N–H and O–H groups in total. The van der Waals surface area contributed by atoms with Gasteiger partial charge in [-0.3, -0.25) is 4.90 Å². The number of rotatable bonds is 3. The summed E-state index contributed by atoms with van der Waals surface area (Å²) in [6.07, 6.45) is 10.7. The highest BCUT2D eigenvalue weighted by Crippen LogP contribution is 2.55. The molecule has 6 rings (SSSR count). The van der Waals surface area contributed by atoms with Crippen LogP contribution in [-0.2, 0) is 0 Å². The summed E-state index contributed by atoms with van der Waals surface area (Å²) in [7, 11) is 1.93. The van der Waals surface area contributed by atoms with E-state index in [4.69, 9.17) is 5.10 Å². The van der Waals surface area contributed by atoms with Crippen LogP contribution in [0.15, 0.2) is 47.7 Å². The summed E-state index contributed by atoms with van der Waals surface area (Å²) in [6, 6.07) is 10.9. The largest absolute Gasteiger partial charge is 0.450 e. The van der Waals surface area contributed by atoms with E-state index in [-0.39, 0.29) is 16.7 Å².